The summed E-state index contributed by atoms with van der Waals surface area (Å²) in [6.07, 6.45) is -4.99. The van der Waals surface area contributed by atoms with Gasteiger partial charge < -0.3 is 30.1 Å². The van der Waals surface area contributed by atoms with Crippen molar-refractivity contribution >= 4 is 33.7 Å². The summed E-state index contributed by atoms with van der Waals surface area (Å²) in [6, 6.07) is 6.24. The fourth-order valence-electron chi connectivity index (χ4n) is 5.64. The Balaban J connectivity index is 1.54. The largest absolute Gasteiger partial charge is 0.461 e. The van der Waals surface area contributed by atoms with Crippen LogP contribution in [0.25, 0.3) is 33.2 Å². The summed E-state index contributed by atoms with van der Waals surface area (Å²) in [7, 11) is 0. The van der Waals surface area contributed by atoms with Crippen molar-refractivity contribution in [3.8, 4) is 11.4 Å². The third kappa shape index (κ3) is 5.33. The van der Waals surface area contributed by atoms with Crippen molar-refractivity contribution in [3.63, 3.8) is 0 Å². The summed E-state index contributed by atoms with van der Waals surface area (Å²) in [6.45, 7) is 3.06. The number of esters is 2. The van der Waals surface area contributed by atoms with Gasteiger partial charge in [-0.3, -0.25) is 9.59 Å². The van der Waals surface area contributed by atoms with Gasteiger partial charge in [-0.15, -0.1) is 0 Å². The van der Waals surface area contributed by atoms with E-state index in [-0.39, 0.29) is 48.4 Å². The molecule has 0 radical (unpaired) electrons. The van der Waals surface area contributed by atoms with Gasteiger partial charge in [0.25, 0.3) is 0 Å². The van der Waals surface area contributed by atoms with E-state index in [0.717, 1.165) is 0 Å². The summed E-state index contributed by atoms with van der Waals surface area (Å²) in [5, 5.41) is 7.00. The minimum Gasteiger partial charge on any atom is -0.461 e. The van der Waals surface area contributed by atoms with E-state index in [4.69, 9.17) is 9.47 Å². The van der Waals surface area contributed by atoms with Crippen LogP contribution >= 0.6 is 0 Å². The number of H-pyrrole nitrogens is 2. The lowest BCUT2D eigenvalue weighted by Gasteiger charge is -2.15. The number of halogens is 2. The number of carbonyl (C=O) groups excluding carboxylic acids is 2. The van der Waals surface area contributed by atoms with Gasteiger partial charge in [0.1, 0.15) is 23.8 Å². The maximum atomic E-state index is 14.4. The minimum absolute atomic E-state index is 0.148. The fourth-order valence-corrected chi connectivity index (χ4v) is 5.64. The summed E-state index contributed by atoms with van der Waals surface area (Å²) in [5.74, 6) is -2.05. The Labute approximate surface area is 235 Å². The van der Waals surface area contributed by atoms with Crippen LogP contribution in [0.5, 0.6) is 0 Å². The molecule has 0 aliphatic carbocycles. The van der Waals surface area contributed by atoms with Crippen LogP contribution < -0.4 is 10.6 Å². The molecule has 2 saturated heterocycles. The van der Waals surface area contributed by atoms with Crippen LogP contribution in [0.3, 0.4) is 0 Å². The van der Waals surface area contributed by atoms with Gasteiger partial charge >= 0.3 is 11.9 Å². The first-order chi connectivity index (χ1) is 20.8. The molecule has 2 fully saturated rings. The quantitative estimate of drug-likeness (QED) is 0.254. The Morgan fingerprint density at radius 2 is 1.23 bits per heavy atom. The molecule has 210 valence electrons. The van der Waals surface area contributed by atoms with Crippen molar-refractivity contribution in [3.05, 3.63) is 59.2 Å². The maximum Gasteiger partial charge on any atom is 0.302 e. The van der Waals surface area contributed by atoms with Crippen LogP contribution in [0.4, 0.5) is 8.78 Å². The number of hydrogen-bond donors (Lipinski definition) is 4. The first-order valence-corrected chi connectivity index (χ1v) is 13.2. The van der Waals surface area contributed by atoms with E-state index < -0.39 is 60.6 Å². The second-order valence-corrected chi connectivity index (χ2v) is 10.3. The highest BCUT2D eigenvalue weighted by Crippen LogP contribution is 2.38. The van der Waals surface area contributed by atoms with E-state index >= 15 is 0 Å². The smallest absolute Gasteiger partial charge is 0.302 e. The van der Waals surface area contributed by atoms with Crippen molar-refractivity contribution in [2.75, 3.05) is 13.1 Å². The average Bonchev–Trinajstić information content (AvgIpc) is 3.72. The molecule has 0 spiro atoms. The third-order valence-electron chi connectivity index (χ3n) is 7.25. The zero-order valence-corrected chi connectivity index (χ0v) is 22.0. The fraction of sp³-hybridized carbons (Fsp3) is 0.400. The van der Waals surface area contributed by atoms with Gasteiger partial charge in [-0.2, -0.15) is 0 Å². The van der Waals surface area contributed by atoms with Gasteiger partial charge in [-0.05, 0) is 60.3 Å². The average molecular weight is 555 g/mol. The lowest BCUT2D eigenvalue weighted by molar-refractivity contribution is -0.146. The molecule has 0 unspecified atom stereocenters. The molecule has 40 heavy (non-hydrogen) atoms. The summed E-state index contributed by atoms with van der Waals surface area (Å²) >= 11 is 0. The van der Waals surface area contributed by atoms with Crippen LogP contribution in [0.15, 0.2) is 36.4 Å². The lowest BCUT2D eigenvalue weighted by atomic mass is 9.95. The predicted octanol–water partition coefficient (Wildman–Crippen LogP) is 4.27. The summed E-state index contributed by atoms with van der Waals surface area (Å²) in [5.41, 5.74) is 1.23. The van der Waals surface area contributed by atoms with E-state index in [1.165, 1.54) is 50.2 Å². The number of aromatic nitrogens is 2. The Morgan fingerprint density at radius 3 is 1.62 bits per heavy atom. The van der Waals surface area contributed by atoms with Gasteiger partial charge in [0.2, 0.25) is 0 Å². The van der Waals surface area contributed by atoms with Crippen LogP contribution in [0.2, 0.25) is 0 Å². The summed E-state index contributed by atoms with van der Waals surface area (Å²) < 4.78 is 76.9. The molecule has 2 aromatic heterocycles. The first-order valence-electron chi connectivity index (χ1n) is 15.2. The minimum atomic E-state index is -2.13. The molecule has 4 aromatic rings. The zero-order valence-electron chi connectivity index (χ0n) is 26.0. The van der Waals surface area contributed by atoms with E-state index in [9.17, 15) is 23.9 Å². The first kappa shape index (κ1) is 22.0. The Morgan fingerprint density at radius 1 is 0.800 bits per heavy atom. The molecule has 2 aromatic carbocycles. The van der Waals surface area contributed by atoms with Gasteiger partial charge in [0.05, 0.1) is 11.4 Å². The van der Waals surface area contributed by atoms with E-state index in [1.54, 1.807) is 0 Å². The van der Waals surface area contributed by atoms with Crippen LogP contribution in [-0.2, 0) is 31.8 Å². The molecule has 2 aliphatic heterocycles. The monoisotopic (exact) mass is 554 g/mol. The van der Waals surface area contributed by atoms with Crippen LogP contribution in [0.1, 0.15) is 43.3 Å². The third-order valence-corrected chi connectivity index (χ3v) is 7.25. The number of rotatable bonds is 7. The summed E-state index contributed by atoms with van der Waals surface area (Å²) in [4.78, 5) is 29.4. The Kier molecular flexibility index (Phi) is 5.86. The molecule has 4 atom stereocenters. The number of ether oxygens (including phenoxy) is 2. The van der Waals surface area contributed by atoms with Crippen LogP contribution in [0, 0.1) is 11.6 Å². The highest BCUT2D eigenvalue weighted by molar-refractivity contribution is 5.96. The highest BCUT2D eigenvalue weighted by Gasteiger charge is 2.31. The van der Waals surface area contributed by atoms with Crippen LogP contribution in [-0.4, -0.2) is 59.3 Å². The van der Waals surface area contributed by atoms with E-state index in [2.05, 4.69) is 20.6 Å². The number of benzene rings is 2. The number of nitrogens with one attached hydrogen (secondary N) is 4. The van der Waals surface area contributed by atoms with Crippen molar-refractivity contribution < 1.29 is 33.3 Å². The normalized spacial score (nSPS) is 25.0. The number of hydrogen-bond acceptors (Lipinski definition) is 6. The number of aromatic amines is 2. The standard InChI is InChI=1S/C30H32F2N4O4/c1-15(37)39-21-9-19(33-13-21)11-25-23-5-3-17(31)7-27(23)35-29(25)30-26(24-6-4-18(32)8-28(24)36-30)12-20-10-22(14-34-20)40-16(2)38/h3-8,19-22,33-36H,9-14H2,1-2H3/t19-,20-,21-,22-/m0/s1/i11D2,12D2. The molecule has 4 heterocycles. The van der Waals surface area contributed by atoms with Crippen molar-refractivity contribution in [1.82, 2.24) is 20.6 Å². The maximum absolute atomic E-state index is 14.4. The molecular formula is C30H32F2N4O4. The van der Waals surface area contributed by atoms with Gasteiger partial charge in [0.15, 0.2) is 0 Å². The Hall–Kier alpha value is -3.76. The topological polar surface area (TPSA) is 108 Å². The SMILES string of the molecule is [2H]C([2H])(c1c(-c2[nH]c3cc(F)ccc3c2C([2H])([2H])[C@@H]2C[C@H](OC(C)=O)CN2)[nH]c2cc(F)ccc12)[C@@H]1C[C@H](OC(C)=O)CN1. The Bertz CT molecular complexity index is 1650. The van der Waals surface area contributed by atoms with Gasteiger partial charge in [-0.1, -0.05) is 0 Å². The highest BCUT2D eigenvalue weighted by atomic mass is 19.1. The molecule has 4 N–H and O–H groups in total. The lowest BCUT2D eigenvalue weighted by Crippen LogP contribution is -2.24. The van der Waals surface area contributed by atoms with E-state index in [0.29, 0.717) is 21.8 Å². The van der Waals surface area contributed by atoms with Crippen molar-refractivity contribution in [2.24, 2.45) is 0 Å². The van der Waals surface area contributed by atoms with Crippen molar-refractivity contribution in [2.45, 2.75) is 63.7 Å². The molecule has 10 heteroatoms. The van der Waals surface area contributed by atoms with Crippen molar-refractivity contribution in [1.29, 1.82) is 0 Å². The zero-order chi connectivity index (χ0) is 31.6. The second-order valence-electron chi connectivity index (χ2n) is 10.3. The molecule has 6 rings (SSSR count). The molecule has 0 saturated carbocycles. The molecular weight excluding hydrogens is 518 g/mol. The number of fused-ring (bicyclic) bond motifs is 2. The van der Waals surface area contributed by atoms with Gasteiger partial charge in [-0.25, -0.2) is 8.78 Å². The van der Waals surface area contributed by atoms with Gasteiger partial charge in [0, 0.05) is 79.2 Å². The second kappa shape index (κ2) is 10.7. The molecule has 8 nitrogen and oxygen atoms in total. The predicted molar refractivity (Wildman–Crippen MR) is 147 cm³/mol. The molecule has 2 aliphatic rings. The van der Waals surface area contributed by atoms with E-state index in [1.807, 2.05) is 0 Å². The molecule has 0 bridgehead atoms. The number of carbonyl (C=O) groups is 2. The molecule has 0 amide bonds.